The van der Waals surface area contributed by atoms with Crippen molar-refractivity contribution in [3.8, 4) is 0 Å². The molecule has 10 heteroatoms. The molecule has 1 N–H and O–H groups in total. The van der Waals surface area contributed by atoms with E-state index in [1.54, 1.807) is 18.3 Å². The minimum atomic E-state index is -4.56. The Balaban J connectivity index is 1.96. The Kier molecular flexibility index (Phi) is 11.0. The van der Waals surface area contributed by atoms with Crippen LogP contribution in [-0.2, 0) is 10.0 Å². The molecule has 0 amide bonds. The predicted molar refractivity (Wildman–Crippen MR) is 153 cm³/mol. The van der Waals surface area contributed by atoms with E-state index >= 15 is 0 Å². The summed E-state index contributed by atoms with van der Waals surface area (Å²) in [4.78, 5) is 13.6. The van der Waals surface area contributed by atoms with Crippen LogP contribution in [0.4, 0.5) is 18.9 Å². The zero-order valence-electron chi connectivity index (χ0n) is 22.7. The van der Waals surface area contributed by atoms with Crippen LogP contribution in [0.5, 0.6) is 0 Å². The number of pyridine rings is 1. The number of hydrogen-bond acceptors (Lipinski definition) is 5. The Labute approximate surface area is 229 Å². The second-order valence-corrected chi connectivity index (χ2v) is 11.7. The van der Waals surface area contributed by atoms with Gasteiger partial charge in [-0.2, -0.15) is 13.2 Å². The molecule has 0 radical (unpaired) electrons. The number of allylic oxidation sites excluding steroid dienone is 8. The van der Waals surface area contributed by atoms with Gasteiger partial charge in [0, 0.05) is 36.7 Å². The fourth-order valence-electron chi connectivity index (χ4n) is 4.69. The summed E-state index contributed by atoms with van der Waals surface area (Å²) in [6, 6.07) is 1.91. The molecule has 2 heterocycles. The Hall–Kier alpha value is -2.85. The smallest absolute Gasteiger partial charge is 0.293 e. The van der Waals surface area contributed by atoms with Gasteiger partial charge in [0.2, 0.25) is 10.0 Å². The van der Waals surface area contributed by atoms with Gasteiger partial charge in [-0.25, -0.2) is 13.1 Å². The van der Waals surface area contributed by atoms with Gasteiger partial charge in [0.25, 0.3) is 0 Å². The normalized spacial score (nSPS) is 23.4. The number of halogens is 3. The third kappa shape index (κ3) is 8.83. The molecule has 1 aliphatic carbocycles. The van der Waals surface area contributed by atoms with Crippen LogP contribution in [0, 0.1) is 18.8 Å². The van der Waals surface area contributed by atoms with Gasteiger partial charge >= 0.3 is 6.18 Å². The minimum Gasteiger partial charge on any atom is -0.293 e. The maximum atomic E-state index is 14.1. The average molecular weight is 563 g/mol. The highest BCUT2D eigenvalue weighted by molar-refractivity contribution is 7.89. The zero-order chi connectivity index (χ0) is 28.5. The fraction of sp³-hybridized carbons (Fsp3) is 0.483. The molecule has 39 heavy (non-hydrogen) atoms. The first-order valence-electron chi connectivity index (χ1n) is 13.3. The van der Waals surface area contributed by atoms with Crippen molar-refractivity contribution in [2.75, 3.05) is 19.3 Å². The van der Waals surface area contributed by atoms with Crippen molar-refractivity contribution >= 4 is 33.7 Å². The Bertz CT molecular complexity index is 1290. The van der Waals surface area contributed by atoms with Crippen LogP contribution in [0.25, 0.3) is 5.57 Å². The second-order valence-electron chi connectivity index (χ2n) is 9.64. The standard InChI is InChI=1S/C29H37F3N4O2S/c1-4-15-36-28-21(2)35-17-13-26(28)25-19-24(12-16-34-20-25)22-8-6-5-7-9-23(11-10-22)27(29(30,31)32)14-18-39(37,38)33-3/h8-11,13,15,17,19-20,24,27,33H,4-7,12,14,16,18H2,1-3H3/b11-10+,22-8+,23-9+,36-15?. The van der Waals surface area contributed by atoms with Crippen molar-refractivity contribution in [3.05, 3.63) is 65.0 Å². The molecular weight excluding hydrogens is 525 g/mol. The summed E-state index contributed by atoms with van der Waals surface area (Å²) in [7, 11) is -2.56. The van der Waals surface area contributed by atoms with Crippen LogP contribution in [0.15, 0.2) is 63.8 Å². The number of alkyl halides is 3. The number of sulfonamides is 1. The van der Waals surface area contributed by atoms with Gasteiger partial charge in [-0.3, -0.25) is 15.0 Å². The molecular formula is C29H37F3N4O2S. The number of aliphatic imine (C=N–C) groups is 2. The molecule has 0 spiro atoms. The van der Waals surface area contributed by atoms with Crippen LogP contribution >= 0.6 is 0 Å². The predicted octanol–water partition coefficient (Wildman–Crippen LogP) is 6.69. The Morgan fingerprint density at radius 1 is 1.23 bits per heavy atom. The Morgan fingerprint density at radius 2 is 2.00 bits per heavy atom. The third-order valence-electron chi connectivity index (χ3n) is 6.85. The van der Waals surface area contributed by atoms with Crippen LogP contribution in [0.1, 0.15) is 56.7 Å². The van der Waals surface area contributed by atoms with Crippen molar-refractivity contribution < 1.29 is 21.6 Å². The van der Waals surface area contributed by atoms with E-state index in [-0.39, 0.29) is 11.5 Å². The molecule has 2 aliphatic rings. The highest BCUT2D eigenvalue weighted by atomic mass is 32.2. The first kappa shape index (κ1) is 30.7. The highest BCUT2D eigenvalue weighted by Gasteiger charge is 2.41. The third-order valence-corrected chi connectivity index (χ3v) is 8.25. The summed E-state index contributed by atoms with van der Waals surface area (Å²) in [5.41, 5.74) is 4.45. The lowest BCUT2D eigenvalue weighted by molar-refractivity contribution is -0.163. The number of hydrogen-bond donors (Lipinski definition) is 1. The second kappa shape index (κ2) is 14.0. The number of aromatic nitrogens is 1. The van der Waals surface area contributed by atoms with Gasteiger partial charge in [0.15, 0.2) is 0 Å². The molecule has 2 atom stereocenters. The molecule has 0 saturated heterocycles. The molecule has 0 fully saturated rings. The van der Waals surface area contributed by atoms with E-state index in [0.717, 1.165) is 47.4 Å². The largest absolute Gasteiger partial charge is 0.395 e. The van der Waals surface area contributed by atoms with Crippen molar-refractivity contribution in [1.82, 2.24) is 9.71 Å². The Morgan fingerprint density at radius 3 is 2.72 bits per heavy atom. The maximum Gasteiger partial charge on any atom is 0.395 e. The van der Waals surface area contributed by atoms with Gasteiger partial charge in [-0.1, -0.05) is 37.3 Å². The molecule has 2 unspecified atom stereocenters. The van der Waals surface area contributed by atoms with E-state index in [9.17, 15) is 21.6 Å². The maximum absolute atomic E-state index is 14.1. The van der Waals surface area contributed by atoms with E-state index in [4.69, 9.17) is 0 Å². The fourth-order valence-corrected chi connectivity index (χ4v) is 5.44. The summed E-state index contributed by atoms with van der Waals surface area (Å²) in [5.74, 6) is -2.51. The van der Waals surface area contributed by atoms with Gasteiger partial charge < -0.3 is 0 Å². The molecule has 0 saturated carbocycles. The summed E-state index contributed by atoms with van der Waals surface area (Å²) in [6.07, 6.45) is 12.9. The molecule has 212 valence electrons. The van der Waals surface area contributed by atoms with Crippen molar-refractivity contribution in [2.24, 2.45) is 21.8 Å². The first-order chi connectivity index (χ1) is 18.6. The summed E-state index contributed by atoms with van der Waals surface area (Å²) >= 11 is 0. The lowest BCUT2D eigenvalue weighted by atomic mass is 9.89. The number of rotatable bonds is 9. The van der Waals surface area contributed by atoms with Crippen LogP contribution in [0.3, 0.4) is 0 Å². The quantitative estimate of drug-likeness (QED) is 0.341. The van der Waals surface area contributed by atoms with E-state index in [1.165, 1.54) is 13.1 Å². The van der Waals surface area contributed by atoms with Crippen molar-refractivity contribution in [1.29, 1.82) is 0 Å². The summed E-state index contributed by atoms with van der Waals surface area (Å²) in [6.45, 7) is 4.51. The summed E-state index contributed by atoms with van der Waals surface area (Å²) in [5, 5.41) is 0. The molecule has 1 aromatic rings. The molecule has 3 rings (SSSR count). The van der Waals surface area contributed by atoms with E-state index in [1.807, 2.05) is 32.3 Å². The van der Waals surface area contributed by atoms with Gasteiger partial charge in [-0.15, -0.1) is 0 Å². The number of nitrogens with zero attached hydrogens (tertiary/aromatic N) is 3. The van der Waals surface area contributed by atoms with Gasteiger partial charge in [0.1, 0.15) is 0 Å². The van der Waals surface area contributed by atoms with E-state index < -0.39 is 34.3 Å². The number of aryl methyl sites for hydroxylation is 1. The highest BCUT2D eigenvalue weighted by Crippen LogP contribution is 2.37. The average Bonchev–Trinajstić information content (AvgIpc) is 3.06. The summed E-state index contributed by atoms with van der Waals surface area (Å²) < 4.78 is 68.1. The lowest BCUT2D eigenvalue weighted by Gasteiger charge is -2.22. The zero-order valence-corrected chi connectivity index (χ0v) is 23.5. The molecule has 1 aliphatic heterocycles. The molecule has 6 nitrogen and oxygen atoms in total. The van der Waals surface area contributed by atoms with Crippen molar-refractivity contribution in [3.63, 3.8) is 0 Å². The van der Waals surface area contributed by atoms with E-state index in [2.05, 4.69) is 31.8 Å². The van der Waals surface area contributed by atoms with Crippen LogP contribution < -0.4 is 4.72 Å². The molecule has 0 aromatic carbocycles. The molecule has 0 bridgehead atoms. The number of nitrogens with one attached hydrogen (secondary N) is 1. The van der Waals surface area contributed by atoms with Crippen LogP contribution in [-0.4, -0.2) is 51.4 Å². The van der Waals surface area contributed by atoms with E-state index in [0.29, 0.717) is 19.4 Å². The topological polar surface area (TPSA) is 83.8 Å². The van der Waals surface area contributed by atoms with Gasteiger partial charge in [0.05, 0.1) is 23.1 Å². The first-order valence-corrected chi connectivity index (χ1v) is 15.0. The van der Waals surface area contributed by atoms with Crippen molar-refractivity contribution in [2.45, 2.75) is 58.5 Å². The van der Waals surface area contributed by atoms with Gasteiger partial charge in [-0.05, 0) is 75.3 Å². The minimum absolute atomic E-state index is 0.0522. The van der Waals surface area contributed by atoms with Crippen LogP contribution in [0.2, 0.25) is 0 Å². The lowest BCUT2D eigenvalue weighted by Crippen LogP contribution is -2.30. The monoisotopic (exact) mass is 562 g/mol. The SMILES string of the molecule is CCC=Nc1c(C2=CC(C3=C\CCC\C=C(C(CCS(=O)(=O)NC)C(F)(F)F)/C=C/3)CCN=C2)ccnc1C. The molecule has 1 aromatic heterocycles.